The van der Waals surface area contributed by atoms with Gasteiger partial charge in [0.05, 0.1) is 7.11 Å². The summed E-state index contributed by atoms with van der Waals surface area (Å²) in [5.41, 5.74) is 1.25. The summed E-state index contributed by atoms with van der Waals surface area (Å²) in [7, 11) is 1.72. The summed E-state index contributed by atoms with van der Waals surface area (Å²) in [4.78, 5) is 0. The first kappa shape index (κ1) is 16.6. The number of halogens is 1. The molecule has 1 heterocycles. The highest BCUT2D eigenvalue weighted by Crippen LogP contribution is 2.40. The number of rotatable bonds is 6. The Bertz CT molecular complexity index is 456. The second-order valence-corrected chi connectivity index (χ2v) is 6.70. The van der Waals surface area contributed by atoms with E-state index in [2.05, 4.69) is 25.2 Å². The second-order valence-electron chi connectivity index (χ2n) is 6.26. The molecule has 21 heavy (non-hydrogen) atoms. The maximum Gasteiger partial charge on any atom is 0.122 e. The lowest BCUT2D eigenvalue weighted by molar-refractivity contribution is 0.0488. The Labute approximate surface area is 133 Å². The minimum atomic E-state index is 0.0450. The van der Waals surface area contributed by atoms with Crippen LogP contribution in [0.4, 0.5) is 0 Å². The van der Waals surface area contributed by atoms with Crippen molar-refractivity contribution in [3.63, 3.8) is 0 Å². The Morgan fingerprint density at radius 2 is 2.05 bits per heavy atom. The van der Waals surface area contributed by atoms with Gasteiger partial charge in [-0.3, -0.25) is 0 Å². The molecule has 3 nitrogen and oxygen atoms in total. The molecule has 118 valence electrons. The molecule has 0 atom stereocenters. The van der Waals surface area contributed by atoms with Gasteiger partial charge in [0.15, 0.2) is 0 Å². The molecule has 1 aromatic carbocycles. The van der Waals surface area contributed by atoms with E-state index >= 15 is 0 Å². The van der Waals surface area contributed by atoms with Crippen molar-refractivity contribution in [2.24, 2.45) is 5.92 Å². The number of hydrogen-bond acceptors (Lipinski definition) is 3. The SMILES string of the molecule is COc1ccc(Cl)cc1C1(CNCC(C)C)CCOCC1. The van der Waals surface area contributed by atoms with Crippen LogP contribution in [0.2, 0.25) is 5.02 Å². The van der Waals surface area contributed by atoms with Crippen LogP contribution < -0.4 is 10.1 Å². The number of benzene rings is 1. The van der Waals surface area contributed by atoms with Crippen LogP contribution in [0.5, 0.6) is 5.75 Å². The molecule has 0 aromatic heterocycles. The quantitative estimate of drug-likeness (QED) is 0.870. The highest BCUT2D eigenvalue weighted by molar-refractivity contribution is 6.30. The van der Waals surface area contributed by atoms with E-state index in [0.717, 1.165) is 49.9 Å². The average molecular weight is 312 g/mol. The summed E-state index contributed by atoms with van der Waals surface area (Å²) in [5.74, 6) is 1.57. The average Bonchev–Trinajstić information content (AvgIpc) is 2.48. The highest BCUT2D eigenvalue weighted by atomic mass is 35.5. The Kier molecular flexibility index (Phi) is 5.91. The van der Waals surface area contributed by atoms with E-state index < -0.39 is 0 Å². The molecule has 1 aliphatic heterocycles. The topological polar surface area (TPSA) is 30.5 Å². The zero-order valence-electron chi connectivity index (χ0n) is 13.2. The number of ether oxygens (including phenoxy) is 2. The largest absolute Gasteiger partial charge is 0.496 e. The second kappa shape index (κ2) is 7.48. The van der Waals surface area contributed by atoms with Gasteiger partial charge in [-0.05, 0) is 43.5 Å². The first-order chi connectivity index (χ1) is 10.1. The number of nitrogens with one attached hydrogen (secondary N) is 1. The molecule has 1 aliphatic rings. The normalized spacial score (nSPS) is 18.0. The molecule has 0 unspecified atom stereocenters. The van der Waals surface area contributed by atoms with Gasteiger partial charge in [0.25, 0.3) is 0 Å². The van der Waals surface area contributed by atoms with Crippen LogP contribution in [-0.4, -0.2) is 33.4 Å². The summed E-state index contributed by atoms with van der Waals surface area (Å²) < 4.78 is 11.2. The van der Waals surface area contributed by atoms with Crippen LogP contribution in [0.15, 0.2) is 18.2 Å². The van der Waals surface area contributed by atoms with Crippen molar-refractivity contribution in [2.75, 3.05) is 33.4 Å². The van der Waals surface area contributed by atoms with E-state index in [9.17, 15) is 0 Å². The molecule has 1 fully saturated rings. The molecule has 0 saturated carbocycles. The predicted octanol–water partition coefficient (Wildman–Crippen LogP) is 3.64. The third-order valence-corrected chi connectivity index (χ3v) is 4.43. The fourth-order valence-electron chi connectivity index (χ4n) is 3.00. The molecule has 1 saturated heterocycles. The molecule has 1 aromatic rings. The maximum absolute atomic E-state index is 6.23. The summed E-state index contributed by atoms with van der Waals surface area (Å²) in [6.07, 6.45) is 1.99. The van der Waals surface area contributed by atoms with Gasteiger partial charge in [0.1, 0.15) is 5.75 Å². The monoisotopic (exact) mass is 311 g/mol. The van der Waals surface area contributed by atoms with Gasteiger partial charge in [-0.25, -0.2) is 0 Å². The van der Waals surface area contributed by atoms with E-state index in [4.69, 9.17) is 21.1 Å². The lowest BCUT2D eigenvalue weighted by atomic mass is 9.73. The van der Waals surface area contributed by atoms with E-state index in [1.165, 1.54) is 5.56 Å². The molecule has 0 aliphatic carbocycles. The molecule has 0 radical (unpaired) electrons. The lowest BCUT2D eigenvalue weighted by Crippen LogP contribution is -2.43. The van der Waals surface area contributed by atoms with Crippen molar-refractivity contribution in [3.8, 4) is 5.75 Å². The van der Waals surface area contributed by atoms with Crippen molar-refractivity contribution < 1.29 is 9.47 Å². The van der Waals surface area contributed by atoms with Gasteiger partial charge < -0.3 is 14.8 Å². The smallest absolute Gasteiger partial charge is 0.122 e. The maximum atomic E-state index is 6.23. The summed E-state index contributed by atoms with van der Waals surface area (Å²) in [5, 5.41) is 4.37. The van der Waals surface area contributed by atoms with E-state index in [1.807, 2.05) is 12.1 Å². The first-order valence-corrected chi connectivity index (χ1v) is 8.08. The molecule has 1 N–H and O–H groups in total. The van der Waals surface area contributed by atoms with Crippen molar-refractivity contribution >= 4 is 11.6 Å². The van der Waals surface area contributed by atoms with E-state index in [1.54, 1.807) is 7.11 Å². The lowest BCUT2D eigenvalue weighted by Gasteiger charge is -2.39. The van der Waals surface area contributed by atoms with Crippen LogP contribution in [0.3, 0.4) is 0 Å². The Hall–Kier alpha value is -0.770. The zero-order chi connectivity index (χ0) is 15.3. The van der Waals surface area contributed by atoms with Crippen LogP contribution in [-0.2, 0) is 10.2 Å². The van der Waals surface area contributed by atoms with Gasteiger partial charge in [-0.1, -0.05) is 25.4 Å². The molecule has 0 amide bonds. The van der Waals surface area contributed by atoms with Crippen molar-refractivity contribution in [2.45, 2.75) is 32.1 Å². The van der Waals surface area contributed by atoms with Gasteiger partial charge in [-0.2, -0.15) is 0 Å². The molecule has 2 rings (SSSR count). The van der Waals surface area contributed by atoms with Crippen molar-refractivity contribution in [3.05, 3.63) is 28.8 Å². The van der Waals surface area contributed by atoms with Crippen LogP contribution in [0, 0.1) is 5.92 Å². The van der Waals surface area contributed by atoms with Crippen molar-refractivity contribution in [1.29, 1.82) is 0 Å². The number of methoxy groups -OCH3 is 1. The fraction of sp³-hybridized carbons (Fsp3) is 0.647. The molecule has 0 bridgehead atoms. The molecule has 0 spiro atoms. The minimum Gasteiger partial charge on any atom is -0.496 e. The third kappa shape index (κ3) is 4.12. The Balaban J connectivity index is 2.28. The Morgan fingerprint density at radius 1 is 1.33 bits per heavy atom. The third-order valence-electron chi connectivity index (χ3n) is 4.20. The summed E-state index contributed by atoms with van der Waals surface area (Å²) in [6, 6.07) is 5.92. The van der Waals surface area contributed by atoms with Gasteiger partial charge in [0, 0.05) is 35.8 Å². The standard InChI is InChI=1S/C17H26ClNO2/c1-13(2)11-19-12-17(6-8-21-9-7-17)15-10-14(18)4-5-16(15)20-3/h4-5,10,13,19H,6-9,11-12H2,1-3H3. The first-order valence-electron chi connectivity index (χ1n) is 7.70. The van der Waals surface area contributed by atoms with Crippen LogP contribution in [0.25, 0.3) is 0 Å². The van der Waals surface area contributed by atoms with Gasteiger partial charge in [0.2, 0.25) is 0 Å². The zero-order valence-corrected chi connectivity index (χ0v) is 14.0. The summed E-state index contributed by atoms with van der Waals surface area (Å²) >= 11 is 6.23. The van der Waals surface area contributed by atoms with Gasteiger partial charge in [-0.15, -0.1) is 0 Å². The fourth-order valence-corrected chi connectivity index (χ4v) is 3.17. The van der Waals surface area contributed by atoms with Gasteiger partial charge >= 0.3 is 0 Å². The number of hydrogen-bond donors (Lipinski definition) is 1. The molecule has 4 heteroatoms. The van der Waals surface area contributed by atoms with Crippen molar-refractivity contribution in [1.82, 2.24) is 5.32 Å². The molecular weight excluding hydrogens is 286 g/mol. The van der Waals surface area contributed by atoms with Crippen LogP contribution in [0.1, 0.15) is 32.3 Å². The molecular formula is C17H26ClNO2. The Morgan fingerprint density at radius 3 is 2.67 bits per heavy atom. The van der Waals surface area contributed by atoms with Crippen LogP contribution >= 0.6 is 11.6 Å². The highest BCUT2D eigenvalue weighted by Gasteiger charge is 2.36. The minimum absolute atomic E-state index is 0.0450. The summed E-state index contributed by atoms with van der Waals surface area (Å²) in [6.45, 7) is 7.99. The van der Waals surface area contributed by atoms with E-state index in [0.29, 0.717) is 5.92 Å². The predicted molar refractivity (Wildman–Crippen MR) is 87.4 cm³/mol. The van der Waals surface area contributed by atoms with E-state index in [-0.39, 0.29) is 5.41 Å².